The SMILES string of the molecule is C#C.CC.CC(=O)CC1CC1.CCCC.O=S(=O)(c1ccc(Cl)cc1)N1CCCCC1. The Balaban J connectivity index is 0. The van der Waals surface area contributed by atoms with Crippen LogP contribution in [0.2, 0.25) is 5.02 Å². The zero-order chi connectivity index (χ0) is 24.3. The van der Waals surface area contributed by atoms with Crippen LogP contribution in [0.15, 0.2) is 29.2 Å². The van der Waals surface area contributed by atoms with Crippen LogP contribution in [0.5, 0.6) is 0 Å². The molecule has 1 aliphatic carbocycles. The van der Waals surface area contributed by atoms with E-state index in [0.717, 1.165) is 31.6 Å². The first-order valence-electron chi connectivity index (χ1n) is 11.4. The van der Waals surface area contributed by atoms with Gasteiger partial charge in [-0.15, -0.1) is 12.8 Å². The van der Waals surface area contributed by atoms with Gasteiger partial charge in [-0.3, -0.25) is 0 Å². The lowest BCUT2D eigenvalue weighted by atomic mass is 10.2. The van der Waals surface area contributed by atoms with Crippen LogP contribution in [0.25, 0.3) is 0 Å². The highest BCUT2D eigenvalue weighted by Gasteiger charge is 2.25. The Hall–Kier alpha value is -1.35. The highest BCUT2D eigenvalue weighted by molar-refractivity contribution is 7.89. The average Bonchev–Trinajstić information content (AvgIpc) is 3.61. The number of carbonyl (C=O) groups is 1. The van der Waals surface area contributed by atoms with Gasteiger partial charge in [0, 0.05) is 24.5 Å². The molecule has 0 unspecified atom stereocenters. The van der Waals surface area contributed by atoms with Gasteiger partial charge in [0.25, 0.3) is 0 Å². The minimum Gasteiger partial charge on any atom is -0.300 e. The largest absolute Gasteiger partial charge is 0.300 e. The minimum atomic E-state index is -3.30. The van der Waals surface area contributed by atoms with Gasteiger partial charge in [0.1, 0.15) is 5.78 Å². The summed E-state index contributed by atoms with van der Waals surface area (Å²) in [5.74, 6) is 1.13. The molecule has 0 atom stereocenters. The van der Waals surface area contributed by atoms with Gasteiger partial charge in [-0.1, -0.05) is 58.6 Å². The number of carbonyl (C=O) groups excluding carboxylic acids is 1. The highest BCUT2D eigenvalue weighted by Crippen LogP contribution is 2.32. The summed E-state index contributed by atoms with van der Waals surface area (Å²) in [6.45, 7) is 11.3. The van der Waals surface area contributed by atoms with E-state index in [9.17, 15) is 13.2 Å². The van der Waals surface area contributed by atoms with E-state index in [2.05, 4.69) is 26.7 Å². The van der Waals surface area contributed by atoms with E-state index in [1.807, 2.05) is 13.8 Å². The smallest absolute Gasteiger partial charge is 0.243 e. The van der Waals surface area contributed by atoms with E-state index in [-0.39, 0.29) is 0 Å². The number of piperidine rings is 1. The highest BCUT2D eigenvalue weighted by atomic mass is 35.5. The molecule has 1 heterocycles. The van der Waals surface area contributed by atoms with Crippen LogP contribution in [0.3, 0.4) is 0 Å². The predicted molar refractivity (Wildman–Crippen MR) is 134 cm³/mol. The Morgan fingerprint density at radius 1 is 1.00 bits per heavy atom. The quantitative estimate of drug-likeness (QED) is 0.435. The number of ketones is 1. The van der Waals surface area contributed by atoms with Gasteiger partial charge in [0.05, 0.1) is 4.90 Å². The third kappa shape index (κ3) is 15.1. The van der Waals surface area contributed by atoms with Crippen LogP contribution in [-0.4, -0.2) is 31.6 Å². The van der Waals surface area contributed by atoms with Crippen LogP contribution in [0.4, 0.5) is 0 Å². The van der Waals surface area contributed by atoms with Crippen LogP contribution >= 0.6 is 11.6 Å². The van der Waals surface area contributed by atoms with Gasteiger partial charge in [0.15, 0.2) is 0 Å². The fourth-order valence-electron chi connectivity index (χ4n) is 2.59. The summed E-state index contributed by atoms with van der Waals surface area (Å²) in [5.41, 5.74) is 0. The zero-order valence-electron chi connectivity index (χ0n) is 20.1. The normalized spacial score (nSPS) is 15.2. The third-order valence-electron chi connectivity index (χ3n) is 4.54. The topological polar surface area (TPSA) is 54.5 Å². The summed E-state index contributed by atoms with van der Waals surface area (Å²) < 4.78 is 25.9. The lowest BCUT2D eigenvalue weighted by Crippen LogP contribution is -2.35. The molecule has 178 valence electrons. The second-order valence-electron chi connectivity index (χ2n) is 7.27. The summed E-state index contributed by atoms with van der Waals surface area (Å²) in [6.07, 6.45) is 17.1. The summed E-state index contributed by atoms with van der Waals surface area (Å²) in [7, 11) is -3.30. The number of benzene rings is 1. The van der Waals surface area contributed by atoms with E-state index in [1.165, 1.54) is 25.7 Å². The van der Waals surface area contributed by atoms with Crippen LogP contribution in [0.1, 0.15) is 86.0 Å². The molecule has 0 spiro atoms. The summed E-state index contributed by atoms with van der Waals surface area (Å²) in [5, 5.41) is 0.553. The van der Waals surface area contributed by atoms with Gasteiger partial charge in [-0.2, -0.15) is 4.31 Å². The molecule has 0 bridgehead atoms. The molecular weight excluding hydrogens is 430 g/mol. The molecule has 0 aromatic heterocycles. The van der Waals surface area contributed by atoms with Crippen LogP contribution in [0, 0.1) is 18.8 Å². The Labute approximate surface area is 196 Å². The van der Waals surface area contributed by atoms with E-state index in [0.29, 0.717) is 28.8 Å². The number of hydrogen-bond donors (Lipinski definition) is 0. The third-order valence-corrected chi connectivity index (χ3v) is 6.70. The van der Waals surface area contributed by atoms with E-state index >= 15 is 0 Å². The first-order valence-corrected chi connectivity index (χ1v) is 13.2. The minimum absolute atomic E-state index is 0.332. The molecular formula is C25H42ClNO3S. The molecule has 1 saturated heterocycles. The van der Waals surface area contributed by atoms with E-state index in [1.54, 1.807) is 35.5 Å². The van der Waals surface area contributed by atoms with Crippen molar-refractivity contribution in [1.82, 2.24) is 4.31 Å². The first kappa shape index (κ1) is 31.8. The molecule has 3 rings (SSSR count). The number of hydrogen-bond acceptors (Lipinski definition) is 3. The number of nitrogens with zero attached hydrogens (tertiary/aromatic N) is 1. The van der Waals surface area contributed by atoms with Crippen molar-refractivity contribution in [3.63, 3.8) is 0 Å². The average molecular weight is 472 g/mol. The predicted octanol–water partition coefficient (Wildman–Crippen LogP) is 6.97. The lowest BCUT2D eigenvalue weighted by molar-refractivity contribution is -0.117. The molecule has 0 amide bonds. The zero-order valence-corrected chi connectivity index (χ0v) is 21.6. The van der Waals surface area contributed by atoms with Crippen molar-refractivity contribution < 1.29 is 13.2 Å². The van der Waals surface area contributed by atoms with Crippen molar-refractivity contribution in [3.05, 3.63) is 29.3 Å². The Morgan fingerprint density at radius 2 is 1.45 bits per heavy atom. The molecule has 2 fully saturated rings. The molecule has 4 nitrogen and oxygen atoms in total. The van der Waals surface area contributed by atoms with Crippen molar-refractivity contribution in [2.45, 2.75) is 90.9 Å². The molecule has 31 heavy (non-hydrogen) atoms. The second-order valence-corrected chi connectivity index (χ2v) is 9.64. The Morgan fingerprint density at radius 3 is 1.77 bits per heavy atom. The maximum atomic E-state index is 12.2. The standard InChI is InChI=1S/C11H14ClNO2S.C6H10O.C4H10.C2H6.C2H2/c12-10-4-6-11(7-5-10)16(14,15)13-8-2-1-3-9-13;1-5(7)4-6-2-3-6;1-3-4-2;2*1-2/h4-7H,1-3,8-9H2;6H,2-4H2,1H3;3-4H2,1-2H3;1-2H3;1-2H. The number of terminal acetylenes is 1. The summed E-state index contributed by atoms with van der Waals surface area (Å²) in [6, 6.07) is 6.34. The van der Waals surface area contributed by atoms with Gasteiger partial charge in [-0.25, -0.2) is 8.42 Å². The van der Waals surface area contributed by atoms with E-state index < -0.39 is 10.0 Å². The van der Waals surface area contributed by atoms with Crippen molar-refractivity contribution in [1.29, 1.82) is 0 Å². The monoisotopic (exact) mass is 471 g/mol. The first-order chi connectivity index (χ1) is 14.8. The molecule has 1 saturated carbocycles. The van der Waals surface area contributed by atoms with Gasteiger partial charge in [-0.05, 0) is 62.8 Å². The molecule has 0 N–H and O–H groups in total. The van der Waals surface area contributed by atoms with Crippen molar-refractivity contribution >= 4 is 27.4 Å². The maximum absolute atomic E-state index is 12.2. The fraction of sp³-hybridized carbons (Fsp3) is 0.640. The Kier molecular flexibility index (Phi) is 19.9. The van der Waals surface area contributed by atoms with Crippen LogP contribution in [-0.2, 0) is 14.8 Å². The molecule has 0 radical (unpaired) electrons. The lowest BCUT2D eigenvalue weighted by Gasteiger charge is -2.25. The number of unbranched alkanes of at least 4 members (excludes halogenated alkanes) is 1. The summed E-state index contributed by atoms with van der Waals surface area (Å²) >= 11 is 5.74. The second kappa shape index (κ2) is 19.3. The number of rotatable bonds is 5. The molecule has 1 aromatic rings. The molecule has 6 heteroatoms. The molecule has 1 aliphatic heterocycles. The van der Waals surface area contributed by atoms with Gasteiger partial charge in [0.2, 0.25) is 10.0 Å². The maximum Gasteiger partial charge on any atom is 0.243 e. The molecule has 1 aromatic carbocycles. The van der Waals surface area contributed by atoms with E-state index in [4.69, 9.17) is 11.6 Å². The van der Waals surface area contributed by atoms with Crippen molar-refractivity contribution in [2.75, 3.05) is 13.1 Å². The fourth-order valence-corrected chi connectivity index (χ4v) is 4.23. The van der Waals surface area contributed by atoms with Gasteiger partial charge >= 0.3 is 0 Å². The van der Waals surface area contributed by atoms with Crippen molar-refractivity contribution in [3.8, 4) is 12.8 Å². The summed E-state index contributed by atoms with van der Waals surface area (Å²) in [4.78, 5) is 10.6. The number of halogens is 1. The number of sulfonamides is 1. The molecule has 2 aliphatic rings. The number of Topliss-reactive ketones (excluding diaryl/α,β-unsaturated/α-hetero) is 1. The van der Waals surface area contributed by atoms with Gasteiger partial charge < -0.3 is 4.79 Å². The Bertz CT molecular complexity index is 687. The van der Waals surface area contributed by atoms with Crippen LogP contribution < -0.4 is 0 Å². The van der Waals surface area contributed by atoms with Crippen molar-refractivity contribution in [2.24, 2.45) is 5.92 Å².